The zero-order valence-electron chi connectivity index (χ0n) is 24.2. The predicted molar refractivity (Wildman–Crippen MR) is 162 cm³/mol. The minimum Gasteiger partial charge on any atom is -0.497 e. The van der Waals surface area contributed by atoms with Gasteiger partial charge in [-0.15, -0.1) is 0 Å². The molecule has 212 valence electrons. The van der Waals surface area contributed by atoms with Crippen LogP contribution in [-0.4, -0.2) is 48.2 Å². The number of benzene rings is 3. The van der Waals surface area contributed by atoms with Crippen LogP contribution in [0, 0.1) is 5.82 Å². The van der Waals surface area contributed by atoms with Crippen LogP contribution < -0.4 is 10.1 Å². The molecule has 0 saturated heterocycles. The van der Waals surface area contributed by atoms with Crippen molar-refractivity contribution in [1.29, 1.82) is 0 Å². The molecule has 0 fully saturated rings. The minimum absolute atomic E-state index is 0.0477. The first-order chi connectivity index (χ1) is 19.4. The van der Waals surface area contributed by atoms with Crippen LogP contribution in [0.5, 0.6) is 5.75 Å². The summed E-state index contributed by atoms with van der Waals surface area (Å²) in [5.41, 5.74) is 4.28. The van der Waals surface area contributed by atoms with E-state index in [4.69, 9.17) is 4.74 Å². The summed E-state index contributed by atoms with van der Waals surface area (Å²) in [6, 6.07) is 23.0. The Kier molecular flexibility index (Phi) is 10.4. The van der Waals surface area contributed by atoms with Crippen LogP contribution in [0.15, 0.2) is 79.0 Å². The van der Waals surface area contributed by atoms with Crippen LogP contribution in [0.4, 0.5) is 4.39 Å². The predicted octanol–water partition coefficient (Wildman–Crippen LogP) is 6.99. The van der Waals surface area contributed by atoms with Crippen LogP contribution >= 0.6 is 0 Å². The smallest absolute Gasteiger partial charge is 0.221 e. The van der Waals surface area contributed by atoms with Crippen molar-refractivity contribution in [2.45, 2.75) is 58.5 Å². The van der Waals surface area contributed by atoms with Crippen LogP contribution in [-0.2, 0) is 11.3 Å². The summed E-state index contributed by atoms with van der Waals surface area (Å²) in [6.07, 6.45) is 4.51. The lowest BCUT2D eigenvalue weighted by Crippen LogP contribution is -2.34. The maximum atomic E-state index is 13.5. The van der Waals surface area contributed by atoms with Crippen molar-refractivity contribution < 1.29 is 13.9 Å². The number of halogens is 1. The molecule has 1 amide bonds. The van der Waals surface area contributed by atoms with Crippen molar-refractivity contribution in [3.05, 3.63) is 102 Å². The molecule has 4 rings (SSSR count). The Bertz CT molecular complexity index is 1360. The number of carbonyl (C=O) groups excluding carboxylic acids is 1. The standard InChI is InChI=1S/C34H42FN3O2/c1-5-37(6-2)21-9-10-25(3)36-34(39)22-31(27-15-19-29(40-4)20-16-27)32-24-38(33-12-8-7-11-30(32)33)23-26-13-17-28(35)18-14-26/h7-8,11-20,24-25,31H,5-6,9-10,21-23H2,1-4H3,(H,36,39)/t25-,31-/m1/s1. The molecule has 0 aliphatic heterocycles. The lowest BCUT2D eigenvalue weighted by Gasteiger charge is -2.21. The molecule has 2 atom stereocenters. The zero-order chi connectivity index (χ0) is 28.5. The van der Waals surface area contributed by atoms with Crippen molar-refractivity contribution in [3.63, 3.8) is 0 Å². The highest BCUT2D eigenvalue weighted by Crippen LogP contribution is 2.36. The summed E-state index contributed by atoms with van der Waals surface area (Å²) in [5, 5.41) is 4.37. The molecule has 1 aromatic heterocycles. The van der Waals surface area contributed by atoms with Gasteiger partial charge in [-0.3, -0.25) is 4.79 Å². The molecule has 1 heterocycles. The molecular weight excluding hydrogens is 501 g/mol. The minimum atomic E-state index is -0.241. The molecule has 0 aliphatic carbocycles. The van der Waals surface area contributed by atoms with Gasteiger partial charge in [-0.05, 0) is 86.4 Å². The van der Waals surface area contributed by atoms with Gasteiger partial charge in [0, 0.05) is 42.0 Å². The van der Waals surface area contributed by atoms with E-state index in [9.17, 15) is 9.18 Å². The van der Waals surface area contributed by atoms with E-state index in [1.54, 1.807) is 7.11 Å². The van der Waals surface area contributed by atoms with Gasteiger partial charge in [0.15, 0.2) is 0 Å². The summed E-state index contributed by atoms with van der Waals surface area (Å²) >= 11 is 0. The van der Waals surface area contributed by atoms with E-state index in [-0.39, 0.29) is 23.7 Å². The van der Waals surface area contributed by atoms with Gasteiger partial charge in [0.2, 0.25) is 5.91 Å². The van der Waals surface area contributed by atoms with E-state index >= 15 is 0 Å². The van der Waals surface area contributed by atoms with Gasteiger partial charge in [-0.1, -0.05) is 56.3 Å². The fraction of sp³-hybridized carbons (Fsp3) is 0.382. The normalized spacial score (nSPS) is 12.9. The number of methoxy groups -OCH3 is 1. The second-order valence-electron chi connectivity index (χ2n) is 10.5. The van der Waals surface area contributed by atoms with Crippen LogP contribution in [0.3, 0.4) is 0 Å². The summed E-state index contributed by atoms with van der Waals surface area (Å²) in [4.78, 5) is 15.8. The number of hydrogen-bond acceptors (Lipinski definition) is 3. The van der Waals surface area contributed by atoms with Gasteiger partial charge in [-0.2, -0.15) is 0 Å². The highest BCUT2D eigenvalue weighted by molar-refractivity contribution is 5.87. The molecule has 5 nitrogen and oxygen atoms in total. The molecule has 40 heavy (non-hydrogen) atoms. The lowest BCUT2D eigenvalue weighted by molar-refractivity contribution is -0.121. The molecule has 0 unspecified atom stereocenters. The fourth-order valence-corrected chi connectivity index (χ4v) is 5.47. The number of aromatic nitrogens is 1. The largest absolute Gasteiger partial charge is 0.497 e. The molecule has 4 aromatic rings. The molecular formula is C34H42FN3O2. The highest BCUT2D eigenvalue weighted by atomic mass is 19.1. The molecule has 0 spiro atoms. The molecule has 3 aromatic carbocycles. The zero-order valence-corrected chi connectivity index (χ0v) is 24.2. The quantitative estimate of drug-likeness (QED) is 0.187. The first-order valence-corrected chi connectivity index (χ1v) is 14.4. The van der Waals surface area contributed by atoms with Gasteiger partial charge in [0.25, 0.3) is 0 Å². The number of fused-ring (bicyclic) bond motifs is 1. The molecule has 0 saturated carbocycles. The van der Waals surface area contributed by atoms with Gasteiger partial charge < -0.3 is 19.5 Å². The van der Waals surface area contributed by atoms with Crippen LogP contribution in [0.1, 0.15) is 62.6 Å². The van der Waals surface area contributed by atoms with Crippen LogP contribution in [0.2, 0.25) is 0 Å². The van der Waals surface area contributed by atoms with E-state index in [1.165, 1.54) is 12.1 Å². The number of carbonyl (C=O) groups is 1. The third kappa shape index (κ3) is 7.51. The third-order valence-electron chi connectivity index (χ3n) is 7.78. The Morgan fingerprint density at radius 1 is 1.00 bits per heavy atom. The SMILES string of the molecule is CCN(CC)CCC[C@@H](C)NC(=O)C[C@H](c1ccc(OC)cc1)c1cn(Cc2ccc(F)cc2)c2ccccc12. The average Bonchev–Trinajstić information content (AvgIpc) is 3.33. The van der Waals surface area contributed by atoms with E-state index in [1.807, 2.05) is 36.4 Å². The summed E-state index contributed by atoms with van der Waals surface area (Å²) in [6.45, 7) is 10.2. The van der Waals surface area contributed by atoms with Crippen molar-refractivity contribution >= 4 is 16.8 Å². The second-order valence-corrected chi connectivity index (χ2v) is 10.5. The van der Waals surface area contributed by atoms with Gasteiger partial charge in [0.05, 0.1) is 7.11 Å². The maximum Gasteiger partial charge on any atom is 0.221 e. The molecule has 0 bridgehead atoms. The Labute approximate surface area is 238 Å². The van der Waals surface area contributed by atoms with Crippen molar-refractivity contribution in [3.8, 4) is 5.75 Å². The molecule has 1 N–H and O–H groups in total. The molecule has 0 radical (unpaired) electrons. The topological polar surface area (TPSA) is 46.5 Å². The van der Waals surface area contributed by atoms with Crippen LogP contribution in [0.25, 0.3) is 10.9 Å². The third-order valence-corrected chi connectivity index (χ3v) is 7.78. The van der Waals surface area contributed by atoms with Gasteiger partial charge >= 0.3 is 0 Å². The Morgan fingerprint density at radius 3 is 2.38 bits per heavy atom. The number of para-hydroxylation sites is 1. The fourth-order valence-electron chi connectivity index (χ4n) is 5.47. The summed E-state index contributed by atoms with van der Waals surface area (Å²) < 4.78 is 21.1. The first kappa shape index (κ1) is 29.3. The first-order valence-electron chi connectivity index (χ1n) is 14.4. The van der Waals surface area contributed by atoms with Crippen molar-refractivity contribution in [2.24, 2.45) is 0 Å². The number of nitrogens with zero attached hydrogens (tertiary/aromatic N) is 2. The monoisotopic (exact) mass is 543 g/mol. The van der Waals surface area contributed by atoms with Gasteiger partial charge in [-0.25, -0.2) is 4.39 Å². The van der Waals surface area contributed by atoms with E-state index in [0.717, 1.165) is 65.8 Å². The van der Waals surface area contributed by atoms with Crippen molar-refractivity contribution in [2.75, 3.05) is 26.7 Å². The average molecular weight is 544 g/mol. The Hall–Kier alpha value is -3.64. The highest BCUT2D eigenvalue weighted by Gasteiger charge is 2.24. The van der Waals surface area contributed by atoms with E-state index in [0.29, 0.717) is 13.0 Å². The lowest BCUT2D eigenvalue weighted by atomic mass is 9.88. The van der Waals surface area contributed by atoms with E-state index in [2.05, 4.69) is 66.0 Å². The number of rotatable bonds is 14. The second kappa shape index (κ2) is 14.1. The summed E-state index contributed by atoms with van der Waals surface area (Å²) in [5.74, 6) is 0.460. The van der Waals surface area contributed by atoms with Gasteiger partial charge in [0.1, 0.15) is 11.6 Å². The number of hydrogen-bond donors (Lipinski definition) is 1. The van der Waals surface area contributed by atoms with Crippen molar-refractivity contribution in [1.82, 2.24) is 14.8 Å². The maximum absolute atomic E-state index is 13.5. The number of nitrogens with one attached hydrogen (secondary N) is 1. The molecule has 0 aliphatic rings. The Morgan fingerprint density at radius 2 is 1.70 bits per heavy atom. The molecule has 6 heteroatoms. The Balaban J connectivity index is 1.59. The van der Waals surface area contributed by atoms with E-state index < -0.39 is 0 Å². The summed E-state index contributed by atoms with van der Waals surface area (Å²) in [7, 11) is 1.66. The number of amides is 1. The number of ether oxygens (including phenoxy) is 1.